The Hall–Kier alpha value is -1.13. The maximum atomic E-state index is 5.65. The van der Waals surface area contributed by atoms with Gasteiger partial charge in [0.15, 0.2) is 0 Å². The van der Waals surface area contributed by atoms with Crippen LogP contribution in [0.5, 0.6) is 0 Å². The van der Waals surface area contributed by atoms with Gasteiger partial charge in [-0.1, -0.05) is 6.07 Å². The first kappa shape index (κ1) is 10.9. The minimum Gasteiger partial charge on any atom is -0.385 e. The fraction of sp³-hybridized carbons (Fsp3) is 0.500. The van der Waals surface area contributed by atoms with Crippen molar-refractivity contribution >= 4 is 5.82 Å². The monoisotopic (exact) mass is 196 g/mol. The van der Waals surface area contributed by atoms with E-state index in [1.807, 2.05) is 12.1 Å². The summed E-state index contributed by atoms with van der Waals surface area (Å²) < 4.78 is 10.3. The Balaban J connectivity index is 2.21. The molecule has 0 aliphatic heterocycles. The minimum absolute atomic E-state index is 0.517. The van der Waals surface area contributed by atoms with Crippen molar-refractivity contribution in [2.45, 2.75) is 13.0 Å². The number of methoxy groups -OCH3 is 1. The molecular weight excluding hydrogens is 180 g/mol. The summed E-state index contributed by atoms with van der Waals surface area (Å²) in [6.45, 7) is 1.92. The highest BCUT2D eigenvalue weighted by molar-refractivity contribution is 5.37. The molecule has 0 amide bonds. The molecule has 0 saturated carbocycles. The summed E-state index contributed by atoms with van der Waals surface area (Å²) in [6, 6.07) is 3.77. The molecule has 0 spiro atoms. The van der Waals surface area contributed by atoms with E-state index in [4.69, 9.17) is 15.2 Å². The fourth-order valence-corrected chi connectivity index (χ4v) is 1.06. The van der Waals surface area contributed by atoms with E-state index in [1.165, 1.54) is 0 Å². The molecule has 0 fully saturated rings. The van der Waals surface area contributed by atoms with Crippen LogP contribution in [0.1, 0.15) is 12.0 Å². The van der Waals surface area contributed by atoms with Crippen molar-refractivity contribution in [1.29, 1.82) is 0 Å². The summed E-state index contributed by atoms with van der Waals surface area (Å²) in [5, 5.41) is 0. The Labute approximate surface area is 84.0 Å². The Morgan fingerprint density at radius 2 is 2.29 bits per heavy atom. The molecular formula is C10H16N2O2. The van der Waals surface area contributed by atoms with Gasteiger partial charge in [0.1, 0.15) is 5.82 Å². The normalized spacial score (nSPS) is 10.4. The number of nitrogens with two attached hydrogens (primary N) is 1. The molecule has 78 valence electrons. The number of nitrogen functional groups attached to an aromatic ring is 1. The Kier molecular flexibility index (Phi) is 4.96. The lowest BCUT2D eigenvalue weighted by atomic mass is 10.3. The first-order chi connectivity index (χ1) is 6.84. The standard InChI is InChI=1S/C10H16N2O2/c1-13-6-3-7-14-8-9-4-2-5-12-10(9)11/h2,4-5H,3,6-8H2,1H3,(H2,11,12). The molecule has 0 saturated heterocycles. The van der Waals surface area contributed by atoms with E-state index < -0.39 is 0 Å². The molecule has 0 aromatic carbocycles. The van der Waals surface area contributed by atoms with Crippen molar-refractivity contribution in [2.24, 2.45) is 0 Å². The quantitative estimate of drug-likeness (QED) is 0.695. The van der Waals surface area contributed by atoms with Gasteiger partial charge in [0.2, 0.25) is 0 Å². The van der Waals surface area contributed by atoms with Gasteiger partial charge in [-0.3, -0.25) is 0 Å². The average Bonchev–Trinajstić information content (AvgIpc) is 2.20. The topological polar surface area (TPSA) is 57.4 Å². The predicted molar refractivity (Wildman–Crippen MR) is 54.8 cm³/mol. The number of hydrogen-bond acceptors (Lipinski definition) is 4. The third kappa shape index (κ3) is 3.72. The predicted octanol–water partition coefficient (Wildman–Crippen LogP) is 1.22. The Morgan fingerprint density at radius 1 is 1.43 bits per heavy atom. The van der Waals surface area contributed by atoms with Crippen LogP contribution in [0, 0.1) is 0 Å². The number of anilines is 1. The summed E-state index contributed by atoms with van der Waals surface area (Å²) in [5.41, 5.74) is 6.58. The van der Waals surface area contributed by atoms with Crippen LogP contribution < -0.4 is 5.73 Å². The van der Waals surface area contributed by atoms with Gasteiger partial charge in [-0.05, 0) is 12.5 Å². The van der Waals surface area contributed by atoms with Crippen LogP contribution in [-0.4, -0.2) is 25.3 Å². The Morgan fingerprint density at radius 3 is 3.00 bits per heavy atom. The highest BCUT2D eigenvalue weighted by Gasteiger charge is 1.98. The van der Waals surface area contributed by atoms with Gasteiger partial charge < -0.3 is 15.2 Å². The van der Waals surface area contributed by atoms with Gasteiger partial charge in [-0.25, -0.2) is 4.98 Å². The van der Waals surface area contributed by atoms with Crippen molar-refractivity contribution in [3.05, 3.63) is 23.9 Å². The van der Waals surface area contributed by atoms with E-state index in [9.17, 15) is 0 Å². The zero-order chi connectivity index (χ0) is 10.2. The number of rotatable bonds is 6. The van der Waals surface area contributed by atoms with Gasteiger partial charge in [0.05, 0.1) is 6.61 Å². The molecule has 4 heteroatoms. The zero-order valence-electron chi connectivity index (χ0n) is 8.40. The molecule has 1 aromatic rings. The number of aromatic nitrogens is 1. The molecule has 14 heavy (non-hydrogen) atoms. The molecule has 0 unspecified atom stereocenters. The largest absolute Gasteiger partial charge is 0.385 e. The van der Waals surface area contributed by atoms with Crippen molar-refractivity contribution in [2.75, 3.05) is 26.1 Å². The second-order valence-electron chi connectivity index (χ2n) is 2.95. The molecule has 4 nitrogen and oxygen atoms in total. The highest BCUT2D eigenvalue weighted by Crippen LogP contribution is 2.07. The third-order valence-electron chi connectivity index (χ3n) is 1.82. The second-order valence-corrected chi connectivity index (χ2v) is 2.95. The highest BCUT2D eigenvalue weighted by atomic mass is 16.5. The number of hydrogen-bond donors (Lipinski definition) is 1. The second kappa shape index (κ2) is 6.34. The van der Waals surface area contributed by atoms with E-state index >= 15 is 0 Å². The van der Waals surface area contributed by atoms with Crippen LogP contribution in [0.2, 0.25) is 0 Å². The maximum Gasteiger partial charge on any atom is 0.128 e. The lowest BCUT2D eigenvalue weighted by Crippen LogP contribution is -2.02. The summed E-state index contributed by atoms with van der Waals surface area (Å²) >= 11 is 0. The third-order valence-corrected chi connectivity index (χ3v) is 1.82. The summed E-state index contributed by atoms with van der Waals surface area (Å²) in [6.07, 6.45) is 2.57. The van der Waals surface area contributed by atoms with Gasteiger partial charge in [-0.15, -0.1) is 0 Å². The van der Waals surface area contributed by atoms with E-state index in [1.54, 1.807) is 13.3 Å². The maximum absolute atomic E-state index is 5.65. The van der Waals surface area contributed by atoms with E-state index in [-0.39, 0.29) is 0 Å². The molecule has 0 aliphatic carbocycles. The van der Waals surface area contributed by atoms with E-state index in [0.29, 0.717) is 19.0 Å². The molecule has 0 aliphatic rings. The average molecular weight is 196 g/mol. The molecule has 1 heterocycles. The lowest BCUT2D eigenvalue weighted by molar-refractivity contribution is 0.0930. The molecule has 0 atom stereocenters. The van der Waals surface area contributed by atoms with Crippen LogP contribution in [-0.2, 0) is 16.1 Å². The van der Waals surface area contributed by atoms with E-state index in [2.05, 4.69) is 4.98 Å². The van der Waals surface area contributed by atoms with Crippen LogP contribution in [0.3, 0.4) is 0 Å². The first-order valence-corrected chi connectivity index (χ1v) is 4.60. The van der Waals surface area contributed by atoms with Gasteiger partial charge >= 0.3 is 0 Å². The number of pyridine rings is 1. The van der Waals surface area contributed by atoms with Gasteiger partial charge in [0.25, 0.3) is 0 Å². The van der Waals surface area contributed by atoms with Crippen LogP contribution in [0.15, 0.2) is 18.3 Å². The smallest absolute Gasteiger partial charge is 0.128 e. The van der Waals surface area contributed by atoms with E-state index in [0.717, 1.165) is 18.6 Å². The first-order valence-electron chi connectivity index (χ1n) is 4.60. The number of ether oxygens (including phenoxy) is 2. The van der Waals surface area contributed by atoms with Crippen molar-refractivity contribution in [3.8, 4) is 0 Å². The van der Waals surface area contributed by atoms with Gasteiger partial charge in [0, 0.05) is 32.1 Å². The van der Waals surface area contributed by atoms with Gasteiger partial charge in [-0.2, -0.15) is 0 Å². The SMILES string of the molecule is COCCCOCc1cccnc1N. The Bertz CT molecular complexity index is 266. The van der Waals surface area contributed by atoms with Crippen LogP contribution in [0.25, 0.3) is 0 Å². The minimum atomic E-state index is 0.517. The molecule has 1 aromatic heterocycles. The summed E-state index contributed by atoms with van der Waals surface area (Å²) in [5.74, 6) is 0.541. The van der Waals surface area contributed by atoms with Crippen LogP contribution >= 0.6 is 0 Å². The summed E-state index contributed by atoms with van der Waals surface area (Å²) in [4.78, 5) is 3.97. The number of nitrogens with zero attached hydrogens (tertiary/aromatic N) is 1. The summed E-state index contributed by atoms with van der Waals surface area (Å²) in [7, 11) is 1.68. The lowest BCUT2D eigenvalue weighted by Gasteiger charge is -2.05. The van der Waals surface area contributed by atoms with Crippen LogP contribution in [0.4, 0.5) is 5.82 Å². The van der Waals surface area contributed by atoms with Crippen molar-refractivity contribution in [1.82, 2.24) is 4.98 Å². The molecule has 2 N–H and O–H groups in total. The van der Waals surface area contributed by atoms with Crippen molar-refractivity contribution < 1.29 is 9.47 Å². The molecule has 0 bridgehead atoms. The van der Waals surface area contributed by atoms with Crippen molar-refractivity contribution in [3.63, 3.8) is 0 Å². The molecule has 0 radical (unpaired) electrons. The fourth-order valence-electron chi connectivity index (χ4n) is 1.06. The zero-order valence-corrected chi connectivity index (χ0v) is 8.40. The molecule has 1 rings (SSSR count).